The molecule has 2 rings (SSSR count). The third-order valence-electron chi connectivity index (χ3n) is 3.13. The third-order valence-corrected chi connectivity index (χ3v) is 4.15. The molecule has 128 valence electrons. The van der Waals surface area contributed by atoms with Gasteiger partial charge >= 0.3 is 12.4 Å². The first-order valence-electron chi connectivity index (χ1n) is 6.77. The van der Waals surface area contributed by atoms with Crippen LogP contribution < -0.4 is 0 Å². The topological polar surface area (TPSA) is 0 Å². The van der Waals surface area contributed by atoms with E-state index in [1.165, 1.54) is 6.92 Å². The molecule has 0 spiro atoms. The fraction of sp³-hybridized carbons (Fsp3) is 0.176. The number of allylic oxidation sites excluding steroid dienone is 2. The van der Waals surface area contributed by atoms with E-state index in [1.807, 2.05) is 0 Å². The van der Waals surface area contributed by atoms with Gasteiger partial charge in [-0.15, -0.1) is 0 Å². The Bertz CT molecular complexity index is 729. The summed E-state index contributed by atoms with van der Waals surface area (Å²) < 4.78 is 78.6. The Hall–Kier alpha value is -1.89. The second-order valence-electron chi connectivity index (χ2n) is 4.92. The second-order valence-corrected chi connectivity index (χ2v) is 6.21. The first kappa shape index (κ1) is 18.4. The van der Waals surface area contributed by atoms with E-state index in [1.54, 1.807) is 30.3 Å². The highest BCUT2D eigenvalue weighted by Gasteiger charge is 2.38. The summed E-state index contributed by atoms with van der Waals surface area (Å²) in [5.74, 6) is 0. The number of benzene rings is 2. The van der Waals surface area contributed by atoms with E-state index in [-0.39, 0.29) is 4.91 Å². The average Bonchev–Trinajstić information content (AvgIpc) is 2.46. The molecule has 0 aliphatic carbocycles. The van der Waals surface area contributed by atoms with E-state index < -0.39 is 29.1 Å². The minimum Gasteiger partial charge on any atom is -0.166 e. The zero-order chi connectivity index (χ0) is 18.0. The van der Waals surface area contributed by atoms with Crippen LogP contribution in [0.3, 0.4) is 0 Å². The summed E-state index contributed by atoms with van der Waals surface area (Å²) in [6, 6.07) is 11.6. The van der Waals surface area contributed by atoms with Crippen molar-refractivity contribution in [2.75, 3.05) is 0 Å². The summed E-state index contributed by atoms with van der Waals surface area (Å²) in [5, 5.41) is 0. The van der Waals surface area contributed by atoms with Crippen LogP contribution in [0.15, 0.2) is 64.4 Å². The summed E-state index contributed by atoms with van der Waals surface area (Å²) in [7, 11) is 0. The van der Waals surface area contributed by atoms with E-state index in [9.17, 15) is 26.3 Å². The Morgan fingerprint density at radius 1 is 0.833 bits per heavy atom. The van der Waals surface area contributed by atoms with Crippen molar-refractivity contribution in [2.24, 2.45) is 0 Å². The number of thioether (sulfide) groups is 1. The van der Waals surface area contributed by atoms with Crippen molar-refractivity contribution in [3.05, 3.63) is 70.6 Å². The molecule has 7 heteroatoms. The van der Waals surface area contributed by atoms with E-state index in [0.29, 0.717) is 11.0 Å². The quantitative estimate of drug-likeness (QED) is 0.428. The van der Waals surface area contributed by atoms with Crippen molar-refractivity contribution in [3.8, 4) is 0 Å². The molecule has 0 saturated carbocycles. The maximum atomic E-state index is 13.4. The van der Waals surface area contributed by atoms with Crippen LogP contribution in [-0.4, -0.2) is 6.18 Å². The molecular weight excluding hydrogens is 350 g/mol. The van der Waals surface area contributed by atoms with Gasteiger partial charge in [0.2, 0.25) is 0 Å². The molecule has 0 radical (unpaired) electrons. The predicted molar refractivity (Wildman–Crippen MR) is 82.4 cm³/mol. The Kier molecular flexibility index (Phi) is 5.32. The lowest BCUT2D eigenvalue weighted by molar-refractivity contribution is -0.137. The van der Waals surface area contributed by atoms with Gasteiger partial charge in [0.25, 0.3) is 0 Å². The summed E-state index contributed by atoms with van der Waals surface area (Å²) in [6.07, 6.45) is -9.47. The molecule has 0 N–H and O–H groups in total. The van der Waals surface area contributed by atoms with Crippen molar-refractivity contribution in [1.29, 1.82) is 0 Å². The van der Waals surface area contributed by atoms with Crippen molar-refractivity contribution in [1.82, 2.24) is 0 Å². The molecule has 0 unspecified atom stereocenters. The molecule has 0 saturated heterocycles. The highest BCUT2D eigenvalue weighted by atomic mass is 32.2. The van der Waals surface area contributed by atoms with Gasteiger partial charge in [-0.2, -0.15) is 26.3 Å². The molecule has 0 heterocycles. The van der Waals surface area contributed by atoms with Gasteiger partial charge in [0.15, 0.2) is 0 Å². The van der Waals surface area contributed by atoms with Gasteiger partial charge in [-0.05, 0) is 41.7 Å². The van der Waals surface area contributed by atoms with Crippen LogP contribution in [0.1, 0.15) is 18.1 Å². The van der Waals surface area contributed by atoms with Gasteiger partial charge in [-0.25, -0.2) is 0 Å². The Balaban J connectivity index is 2.52. The zero-order valence-electron chi connectivity index (χ0n) is 12.4. The van der Waals surface area contributed by atoms with Crippen molar-refractivity contribution in [3.63, 3.8) is 0 Å². The van der Waals surface area contributed by atoms with E-state index >= 15 is 0 Å². The van der Waals surface area contributed by atoms with Crippen LogP contribution in [0.25, 0.3) is 5.57 Å². The fourth-order valence-corrected chi connectivity index (χ4v) is 3.12. The maximum Gasteiger partial charge on any atom is 0.417 e. The van der Waals surface area contributed by atoms with Crippen LogP contribution in [0.4, 0.5) is 26.3 Å². The zero-order valence-corrected chi connectivity index (χ0v) is 13.2. The normalized spacial score (nSPS) is 13.6. The van der Waals surface area contributed by atoms with Crippen LogP contribution in [0.2, 0.25) is 0 Å². The molecule has 0 fully saturated rings. The minimum atomic E-state index is -4.77. The molecule has 0 atom stereocenters. The molecule has 0 aliphatic heterocycles. The van der Waals surface area contributed by atoms with Gasteiger partial charge in [-0.1, -0.05) is 42.1 Å². The summed E-state index contributed by atoms with van der Waals surface area (Å²) in [6.45, 7) is 1.25. The molecule has 0 aromatic heterocycles. The molecule has 2 aromatic carbocycles. The average molecular weight is 362 g/mol. The molecule has 0 amide bonds. The SMILES string of the molecule is C/C(Sc1ccccc1)=C(/c1cccc(C(F)(F)F)c1)C(F)(F)F. The van der Waals surface area contributed by atoms with Crippen LogP contribution in [0, 0.1) is 0 Å². The van der Waals surface area contributed by atoms with Crippen LogP contribution >= 0.6 is 11.8 Å². The van der Waals surface area contributed by atoms with Crippen molar-refractivity contribution < 1.29 is 26.3 Å². The molecule has 0 aliphatic rings. The Labute approximate surface area is 139 Å². The number of rotatable bonds is 3. The van der Waals surface area contributed by atoms with Crippen LogP contribution in [-0.2, 0) is 6.18 Å². The molecule has 0 nitrogen and oxygen atoms in total. The standard InChI is InChI=1S/C17H12F6S/c1-11(24-14-8-3-2-4-9-14)15(17(21,22)23)12-6-5-7-13(10-12)16(18,19)20/h2-10H,1H3/b15-11+. The van der Waals surface area contributed by atoms with Gasteiger partial charge in [-0.3, -0.25) is 0 Å². The summed E-state index contributed by atoms with van der Waals surface area (Å²) in [5.41, 5.74) is -2.68. The second kappa shape index (κ2) is 6.93. The number of hydrogen-bond acceptors (Lipinski definition) is 1. The highest BCUT2D eigenvalue weighted by molar-refractivity contribution is 8.03. The van der Waals surface area contributed by atoms with E-state index in [2.05, 4.69) is 0 Å². The van der Waals surface area contributed by atoms with Gasteiger partial charge in [0.1, 0.15) is 0 Å². The van der Waals surface area contributed by atoms with Crippen LogP contribution in [0.5, 0.6) is 0 Å². The molecule has 0 bridgehead atoms. The Morgan fingerprint density at radius 3 is 2.00 bits per heavy atom. The van der Waals surface area contributed by atoms with Crippen molar-refractivity contribution in [2.45, 2.75) is 24.2 Å². The van der Waals surface area contributed by atoms with E-state index in [4.69, 9.17) is 0 Å². The van der Waals surface area contributed by atoms with Crippen molar-refractivity contribution >= 4 is 17.3 Å². The van der Waals surface area contributed by atoms with Gasteiger partial charge in [0.05, 0.1) is 11.1 Å². The van der Waals surface area contributed by atoms with Gasteiger partial charge in [0, 0.05) is 4.90 Å². The lowest BCUT2D eigenvalue weighted by Gasteiger charge is -2.17. The fourth-order valence-electron chi connectivity index (χ4n) is 2.13. The predicted octanol–water partition coefficient (Wildman–Crippen LogP) is 6.79. The lowest BCUT2D eigenvalue weighted by atomic mass is 10.0. The summed E-state index contributed by atoms with van der Waals surface area (Å²) >= 11 is 0.865. The molecule has 24 heavy (non-hydrogen) atoms. The third kappa shape index (κ3) is 4.56. The number of alkyl halides is 6. The Morgan fingerprint density at radius 2 is 1.46 bits per heavy atom. The number of hydrogen-bond donors (Lipinski definition) is 0. The largest absolute Gasteiger partial charge is 0.417 e. The first-order valence-corrected chi connectivity index (χ1v) is 7.59. The van der Waals surface area contributed by atoms with Gasteiger partial charge < -0.3 is 0 Å². The monoisotopic (exact) mass is 362 g/mol. The molecular formula is C17H12F6S. The first-order chi connectivity index (χ1) is 11.1. The minimum absolute atomic E-state index is 0.118. The smallest absolute Gasteiger partial charge is 0.166 e. The maximum absolute atomic E-state index is 13.4. The van der Waals surface area contributed by atoms with E-state index in [0.717, 1.165) is 30.0 Å². The summed E-state index contributed by atoms with van der Waals surface area (Å²) in [4.78, 5) is 0.455. The number of halogens is 6. The lowest BCUT2D eigenvalue weighted by Crippen LogP contribution is -2.13. The molecule has 2 aromatic rings. The highest BCUT2D eigenvalue weighted by Crippen LogP contribution is 2.43.